The maximum absolute atomic E-state index is 11.1. The molecule has 0 saturated heterocycles. The molecule has 5 rings (SSSR count). The third-order valence-corrected chi connectivity index (χ3v) is 7.33. The number of aromatic hydroxyl groups is 2. The SMILES string of the molecule is CCC(C)(C)c1c(O)ccc(C23CC4CC(CC(C4)C2)C3)c1O. The van der Waals surface area contributed by atoms with Crippen LogP contribution in [0.1, 0.15) is 76.8 Å². The monoisotopic (exact) mass is 314 g/mol. The summed E-state index contributed by atoms with van der Waals surface area (Å²) in [5.74, 6) is 3.22. The molecule has 0 heterocycles. The summed E-state index contributed by atoms with van der Waals surface area (Å²) in [7, 11) is 0. The van der Waals surface area contributed by atoms with Crippen molar-refractivity contribution in [1.82, 2.24) is 0 Å². The van der Waals surface area contributed by atoms with Crippen LogP contribution in [-0.2, 0) is 10.8 Å². The Bertz CT molecular complexity index is 594. The van der Waals surface area contributed by atoms with Crippen LogP contribution in [0.5, 0.6) is 11.5 Å². The molecule has 4 bridgehead atoms. The van der Waals surface area contributed by atoms with Gasteiger partial charge in [0.15, 0.2) is 0 Å². The van der Waals surface area contributed by atoms with E-state index >= 15 is 0 Å². The minimum atomic E-state index is -0.202. The zero-order valence-electron chi connectivity index (χ0n) is 14.7. The van der Waals surface area contributed by atoms with Crippen LogP contribution in [0, 0.1) is 17.8 Å². The molecule has 0 atom stereocenters. The number of hydrogen-bond acceptors (Lipinski definition) is 2. The summed E-state index contributed by atoms with van der Waals surface area (Å²) in [6.45, 7) is 6.35. The van der Waals surface area contributed by atoms with Crippen molar-refractivity contribution in [2.45, 2.75) is 76.5 Å². The highest BCUT2D eigenvalue weighted by atomic mass is 16.3. The summed E-state index contributed by atoms with van der Waals surface area (Å²) in [6.07, 6.45) is 8.84. The van der Waals surface area contributed by atoms with Crippen molar-refractivity contribution < 1.29 is 10.2 Å². The summed E-state index contributed by atoms with van der Waals surface area (Å²) in [5.41, 5.74) is 1.86. The summed E-state index contributed by atoms with van der Waals surface area (Å²) >= 11 is 0. The van der Waals surface area contributed by atoms with E-state index in [9.17, 15) is 10.2 Å². The molecule has 2 heteroatoms. The van der Waals surface area contributed by atoms with Gasteiger partial charge >= 0.3 is 0 Å². The molecule has 1 aromatic rings. The molecule has 4 saturated carbocycles. The van der Waals surface area contributed by atoms with Crippen molar-refractivity contribution in [3.8, 4) is 11.5 Å². The highest BCUT2D eigenvalue weighted by molar-refractivity contribution is 5.55. The molecule has 4 aliphatic carbocycles. The van der Waals surface area contributed by atoms with Crippen LogP contribution < -0.4 is 0 Å². The van der Waals surface area contributed by atoms with E-state index in [1.54, 1.807) is 0 Å². The van der Waals surface area contributed by atoms with Crippen LogP contribution >= 0.6 is 0 Å². The van der Waals surface area contributed by atoms with E-state index in [1.807, 2.05) is 12.1 Å². The third-order valence-electron chi connectivity index (χ3n) is 7.33. The standard InChI is InChI=1S/C21H30O2/c1-4-20(2,3)18-17(22)6-5-16(19(18)23)21-10-13-7-14(11-21)9-15(8-13)12-21/h5-6,13-15,22-23H,4,7-12H2,1-3H3. The predicted molar refractivity (Wildman–Crippen MR) is 92.9 cm³/mol. The molecule has 0 amide bonds. The Labute approximate surface area is 139 Å². The van der Waals surface area contributed by atoms with Crippen molar-refractivity contribution in [2.75, 3.05) is 0 Å². The summed E-state index contributed by atoms with van der Waals surface area (Å²) in [4.78, 5) is 0. The van der Waals surface area contributed by atoms with E-state index in [0.29, 0.717) is 5.75 Å². The van der Waals surface area contributed by atoms with Crippen LogP contribution in [0.2, 0.25) is 0 Å². The first-order valence-electron chi connectivity index (χ1n) is 9.40. The second kappa shape index (κ2) is 4.91. The fourth-order valence-electron chi connectivity index (χ4n) is 6.29. The third kappa shape index (κ3) is 2.21. The lowest BCUT2D eigenvalue weighted by Gasteiger charge is -2.57. The Morgan fingerprint density at radius 3 is 2.00 bits per heavy atom. The maximum atomic E-state index is 11.1. The first kappa shape index (κ1) is 15.4. The second-order valence-electron chi connectivity index (χ2n) is 9.29. The number of rotatable bonds is 3. The molecule has 0 unspecified atom stereocenters. The highest BCUT2D eigenvalue weighted by Crippen LogP contribution is 2.62. The van der Waals surface area contributed by atoms with Crippen LogP contribution in [0.3, 0.4) is 0 Å². The number of hydrogen-bond donors (Lipinski definition) is 2. The van der Waals surface area contributed by atoms with Gasteiger partial charge in [-0.25, -0.2) is 0 Å². The molecule has 2 N–H and O–H groups in total. The van der Waals surface area contributed by atoms with Gasteiger partial charge in [-0.1, -0.05) is 26.8 Å². The Kier molecular flexibility index (Phi) is 3.28. The fraction of sp³-hybridized carbons (Fsp3) is 0.714. The van der Waals surface area contributed by atoms with Gasteiger partial charge in [-0.15, -0.1) is 0 Å². The van der Waals surface area contributed by atoms with Crippen molar-refractivity contribution in [3.63, 3.8) is 0 Å². The van der Waals surface area contributed by atoms with Crippen LogP contribution in [0.15, 0.2) is 12.1 Å². The van der Waals surface area contributed by atoms with Gasteiger partial charge in [-0.3, -0.25) is 0 Å². The van der Waals surface area contributed by atoms with E-state index in [-0.39, 0.29) is 16.6 Å². The number of phenols is 2. The molecule has 0 aliphatic heterocycles. The van der Waals surface area contributed by atoms with Crippen molar-refractivity contribution in [3.05, 3.63) is 23.3 Å². The summed E-state index contributed by atoms with van der Waals surface area (Å²) < 4.78 is 0. The van der Waals surface area contributed by atoms with E-state index in [0.717, 1.165) is 35.3 Å². The minimum Gasteiger partial charge on any atom is -0.508 e. The van der Waals surface area contributed by atoms with Crippen LogP contribution in [-0.4, -0.2) is 10.2 Å². The average Bonchev–Trinajstić information content (AvgIpc) is 2.45. The van der Waals surface area contributed by atoms with Crippen LogP contribution in [0.4, 0.5) is 0 Å². The lowest BCUT2D eigenvalue weighted by Crippen LogP contribution is -2.48. The van der Waals surface area contributed by atoms with Gasteiger partial charge in [-0.05, 0) is 79.6 Å². The van der Waals surface area contributed by atoms with Gasteiger partial charge in [0.1, 0.15) is 11.5 Å². The van der Waals surface area contributed by atoms with Gasteiger partial charge in [-0.2, -0.15) is 0 Å². The molecule has 4 aliphatic rings. The molecule has 126 valence electrons. The normalized spacial score (nSPS) is 35.7. The Morgan fingerprint density at radius 2 is 1.52 bits per heavy atom. The molecule has 0 spiro atoms. The lowest BCUT2D eigenvalue weighted by atomic mass is 9.48. The average molecular weight is 314 g/mol. The number of phenolic OH excluding ortho intramolecular Hbond substituents is 2. The number of benzene rings is 1. The smallest absolute Gasteiger partial charge is 0.126 e. The van der Waals surface area contributed by atoms with Gasteiger partial charge < -0.3 is 10.2 Å². The molecule has 23 heavy (non-hydrogen) atoms. The van der Waals surface area contributed by atoms with Gasteiger partial charge in [0, 0.05) is 11.1 Å². The molecular weight excluding hydrogens is 284 g/mol. The van der Waals surface area contributed by atoms with E-state index in [1.165, 1.54) is 38.5 Å². The highest BCUT2D eigenvalue weighted by Gasteiger charge is 2.52. The molecule has 1 aromatic carbocycles. The van der Waals surface area contributed by atoms with E-state index in [2.05, 4.69) is 20.8 Å². The van der Waals surface area contributed by atoms with E-state index < -0.39 is 0 Å². The maximum Gasteiger partial charge on any atom is 0.126 e. The molecular formula is C21H30O2. The molecule has 4 fully saturated rings. The summed E-state index contributed by atoms with van der Waals surface area (Å²) in [6, 6.07) is 3.85. The van der Waals surface area contributed by atoms with Crippen LogP contribution in [0.25, 0.3) is 0 Å². The van der Waals surface area contributed by atoms with Crippen molar-refractivity contribution in [1.29, 1.82) is 0 Å². The van der Waals surface area contributed by atoms with Gasteiger partial charge in [0.05, 0.1) is 0 Å². The minimum absolute atomic E-state index is 0.172. The first-order valence-corrected chi connectivity index (χ1v) is 9.40. The predicted octanol–water partition coefficient (Wildman–Crippen LogP) is 5.25. The Morgan fingerprint density at radius 1 is 1.00 bits per heavy atom. The first-order chi connectivity index (χ1) is 10.8. The summed E-state index contributed by atoms with van der Waals surface area (Å²) in [5, 5.41) is 21.5. The van der Waals surface area contributed by atoms with Crippen molar-refractivity contribution >= 4 is 0 Å². The van der Waals surface area contributed by atoms with Gasteiger partial charge in [0.25, 0.3) is 0 Å². The quantitative estimate of drug-likeness (QED) is 0.799. The fourth-order valence-corrected chi connectivity index (χ4v) is 6.29. The van der Waals surface area contributed by atoms with Crippen molar-refractivity contribution in [2.24, 2.45) is 17.8 Å². The van der Waals surface area contributed by atoms with Gasteiger partial charge in [0.2, 0.25) is 0 Å². The second-order valence-corrected chi connectivity index (χ2v) is 9.29. The molecule has 0 aromatic heterocycles. The molecule has 0 radical (unpaired) electrons. The Hall–Kier alpha value is -1.18. The van der Waals surface area contributed by atoms with E-state index in [4.69, 9.17) is 0 Å². The zero-order chi connectivity index (χ0) is 16.4. The largest absolute Gasteiger partial charge is 0.508 e. The lowest BCUT2D eigenvalue weighted by molar-refractivity contribution is -0.00625. The Balaban J connectivity index is 1.83. The topological polar surface area (TPSA) is 40.5 Å². The zero-order valence-corrected chi connectivity index (χ0v) is 14.7. The molecule has 2 nitrogen and oxygen atoms in total.